The third-order valence-electron chi connectivity index (χ3n) is 3.80. The first-order chi connectivity index (χ1) is 13.0. The molecule has 1 aromatic carbocycles. The number of aromatic nitrogens is 1. The van der Waals surface area contributed by atoms with Gasteiger partial charge in [0.15, 0.2) is 5.82 Å². The summed E-state index contributed by atoms with van der Waals surface area (Å²) in [4.78, 5) is 26.4. The van der Waals surface area contributed by atoms with Gasteiger partial charge in [-0.25, -0.2) is 4.79 Å². The van der Waals surface area contributed by atoms with Crippen LogP contribution in [0.15, 0.2) is 35.1 Å². The van der Waals surface area contributed by atoms with E-state index in [2.05, 4.69) is 27.2 Å². The average Bonchev–Trinajstić information content (AvgIpc) is 3.13. The lowest BCUT2D eigenvalue weighted by molar-refractivity contribution is -0.116. The summed E-state index contributed by atoms with van der Waals surface area (Å²) in [7, 11) is 0. The fraction of sp³-hybridized carbons (Fsp3) is 0.389. The molecule has 0 bridgehead atoms. The van der Waals surface area contributed by atoms with E-state index in [1.165, 1.54) is 17.2 Å². The Hall–Kier alpha value is -2.25. The second kappa shape index (κ2) is 10.8. The van der Waals surface area contributed by atoms with Gasteiger partial charge in [-0.15, -0.1) is 0 Å². The summed E-state index contributed by atoms with van der Waals surface area (Å²) in [6.45, 7) is 2.41. The second-order valence-corrected chi connectivity index (χ2v) is 6.76. The Kier molecular flexibility index (Phi) is 8.42. The lowest BCUT2D eigenvalue weighted by atomic mass is 10.2. The standard InChI is InChI=1S/C18H22Cl2N4O3/c1-2-3-4-5-10-24(12-16(25)21-15-9-11-27-23-15)18(26)22-17-13(19)7-6-8-14(17)20/h6-9,11H,2-5,10,12H2,1H3,(H,22,26)(H,21,23,25). The maximum Gasteiger partial charge on any atom is 0.322 e. The van der Waals surface area contributed by atoms with E-state index in [0.29, 0.717) is 28.1 Å². The minimum absolute atomic E-state index is 0.132. The molecule has 0 atom stereocenters. The van der Waals surface area contributed by atoms with E-state index in [1.807, 2.05) is 0 Å². The molecule has 7 nitrogen and oxygen atoms in total. The van der Waals surface area contributed by atoms with E-state index >= 15 is 0 Å². The quantitative estimate of drug-likeness (QED) is 0.564. The molecule has 0 saturated heterocycles. The molecule has 0 aliphatic rings. The van der Waals surface area contributed by atoms with Crippen molar-refractivity contribution >= 4 is 46.6 Å². The molecule has 0 spiro atoms. The highest BCUT2D eigenvalue weighted by atomic mass is 35.5. The van der Waals surface area contributed by atoms with E-state index in [1.54, 1.807) is 18.2 Å². The number of amides is 3. The highest BCUT2D eigenvalue weighted by Gasteiger charge is 2.19. The second-order valence-electron chi connectivity index (χ2n) is 5.94. The van der Waals surface area contributed by atoms with Gasteiger partial charge in [0.1, 0.15) is 12.8 Å². The molecule has 0 aliphatic carbocycles. The number of anilines is 2. The van der Waals surface area contributed by atoms with Crippen molar-refractivity contribution in [1.82, 2.24) is 10.1 Å². The van der Waals surface area contributed by atoms with Crippen LogP contribution in [0.1, 0.15) is 32.6 Å². The van der Waals surface area contributed by atoms with Crippen LogP contribution in [0.3, 0.4) is 0 Å². The van der Waals surface area contributed by atoms with Crippen molar-refractivity contribution in [2.24, 2.45) is 0 Å². The van der Waals surface area contributed by atoms with E-state index in [9.17, 15) is 9.59 Å². The van der Waals surface area contributed by atoms with Crippen molar-refractivity contribution in [3.8, 4) is 0 Å². The van der Waals surface area contributed by atoms with Gasteiger partial charge in [-0.05, 0) is 18.6 Å². The number of hydrogen-bond acceptors (Lipinski definition) is 4. The third-order valence-corrected chi connectivity index (χ3v) is 4.43. The third kappa shape index (κ3) is 6.77. The van der Waals surface area contributed by atoms with Crippen LogP contribution in [0.4, 0.5) is 16.3 Å². The Bertz CT molecular complexity index is 733. The summed E-state index contributed by atoms with van der Waals surface area (Å²) in [5.74, 6) is -0.0831. The normalized spacial score (nSPS) is 10.5. The minimum Gasteiger partial charge on any atom is -0.363 e. The predicted molar refractivity (Wildman–Crippen MR) is 106 cm³/mol. The molecule has 2 N–H and O–H groups in total. The number of para-hydroxylation sites is 1. The molecule has 0 fully saturated rings. The fourth-order valence-corrected chi connectivity index (χ4v) is 2.91. The molecule has 9 heteroatoms. The van der Waals surface area contributed by atoms with Crippen molar-refractivity contribution in [2.45, 2.75) is 32.6 Å². The maximum absolute atomic E-state index is 12.7. The van der Waals surface area contributed by atoms with Crippen LogP contribution in [0, 0.1) is 0 Å². The molecular formula is C18H22Cl2N4O3. The molecule has 2 aromatic rings. The van der Waals surface area contributed by atoms with E-state index in [0.717, 1.165) is 25.7 Å². The fourth-order valence-electron chi connectivity index (χ4n) is 2.42. The van der Waals surface area contributed by atoms with Crippen LogP contribution in [0.5, 0.6) is 0 Å². The molecule has 0 saturated carbocycles. The molecular weight excluding hydrogens is 391 g/mol. The zero-order valence-corrected chi connectivity index (χ0v) is 16.5. The van der Waals surface area contributed by atoms with Crippen LogP contribution in [0.25, 0.3) is 0 Å². The largest absolute Gasteiger partial charge is 0.363 e. The minimum atomic E-state index is -0.447. The summed E-state index contributed by atoms with van der Waals surface area (Å²) < 4.78 is 4.68. The number of nitrogens with one attached hydrogen (secondary N) is 2. The zero-order valence-electron chi connectivity index (χ0n) is 15.0. The first-order valence-electron chi connectivity index (χ1n) is 8.71. The first-order valence-corrected chi connectivity index (χ1v) is 9.47. The van der Waals surface area contributed by atoms with Gasteiger partial charge in [-0.1, -0.05) is 60.6 Å². The monoisotopic (exact) mass is 412 g/mol. The molecule has 3 amide bonds. The molecule has 2 rings (SSSR count). The van der Waals surface area contributed by atoms with Crippen molar-refractivity contribution in [3.63, 3.8) is 0 Å². The van der Waals surface area contributed by atoms with Crippen LogP contribution in [-0.4, -0.2) is 35.1 Å². The van der Waals surface area contributed by atoms with Gasteiger partial charge in [-0.3, -0.25) is 4.79 Å². The van der Waals surface area contributed by atoms with Crippen molar-refractivity contribution < 1.29 is 14.1 Å². The zero-order chi connectivity index (χ0) is 19.6. The van der Waals surface area contributed by atoms with Crippen LogP contribution in [0.2, 0.25) is 10.0 Å². The Morgan fingerprint density at radius 2 is 1.85 bits per heavy atom. The highest BCUT2D eigenvalue weighted by Crippen LogP contribution is 2.30. The summed E-state index contributed by atoms with van der Waals surface area (Å²) in [6.07, 6.45) is 5.25. The SMILES string of the molecule is CCCCCCN(CC(=O)Nc1ccon1)C(=O)Nc1c(Cl)cccc1Cl. The summed E-state index contributed by atoms with van der Waals surface area (Å²) in [6, 6.07) is 6.02. The van der Waals surface area contributed by atoms with Gasteiger partial charge >= 0.3 is 6.03 Å². The van der Waals surface area contributed by atoms with Gasteiger partial charge in [0.25, 0.3) is 0 Å². The van der Waals surface area contributed by atoms with E-state index < -0.39 is 6.03 Å². The van der Waals surface area contributed by atoms with Crippen molar-refractivity contribution in [2.75, 3.05) is 23.7 Å². The summed E-state index contributed by atoms with van der Waals surface area (Å²) >= 11 is 12.2. The van der Waals surface area contributed by atoms with Crippen LogP contribution in [-0.2, 0) is 4.79 Å². The van der Waals surface area contributed by atoms with Gasteiger partial charge in [-0.2, -0.15) is 0 Å². The Morgan fingerprint density at radius 1 is 1.11 bits per heavy atom. The van der Waals surface area contributed by atoms with Gasteiger partial charge in [0.05, 0.1) is 15.7 Å². The van der Waals surface area contributed by atoms with Gasteiger partial charge in [0.2, 0.25) is 5.91 Å². The van der Waals surface area contributed by atoms with E-state index in [4.69, 9.17) is 23.2 Å². The molecule has 1 aromatic heterocycles. The Labute approximate surface area is 168 Å². The number of rotatable bonds is 9. The first kappa shape index (κ1) is 21.1. The lowest BCUT2D eigenvalue weighted by Crippen LogP contribution is -2.41. The summed E-state index contributed by atoms with van der Waals surface area (Å²) in [5.41, 5.74) is 0.321. The predicted octanol–water partition coefficient (Wildman–Crippen LogP) is 5.03. The van der Waals surface area contributed by atoms with Crippen LogP contribution < -0.4 is 10.6 Å². The number of halogens is 2. The maximum atomic E-state index is 12.7. The molecule has 0 aliphatic heterocycles. The van der Waals surface area contributed by atoms with E-state index in [-0.39, 0.29) is 12.5 Å². The smallest absolute Gasteiger partial charge is 0.322 e. The Balaban J connectivity index is 2.03. The molecule has 146 valence electrons. The topological polar surface area (TPSA) is 87.5 Å². The summed E-state index contributed by atoms with van der Waals surface area (Å²) in [5, 5.41) is 9.55. The number of hydrogen-bond donors (Lipinski definition) is 2. The Morgan fingerprint density at radius 3 is 2.48 bits per heavy atom. The number of carbonyl (C=O) groups is 2. The molecule has 27 heavy (non-hydrogen) atoms. The molecule has 0 unspecified atom stereocenters. The van der Waals surface area contributed by atoms with Gasteiger partial charge in [0, 0.05) is 12.6 Å². The number of benzene rings is 1. The average molecular weight is 413 g/mol. The van der Waals surface area contributed by atoms with Gasteiger partial charge < -0.3 is 20.1 Å². The molecule has 1 heterocycles. The number of nitrogens with zero attached hydrogens (tertiary/aromatic N) is 2. The number of unbranched alkanes of at least 4 members (excludes halogenated alkanes) is 3. The highest BCUT2D eigenvalue weighted by molar-refractivity contribution is 6.39. The number of urea groups is 1. The van der Waals surface area contributed by atoms with Crippen molar-refractivity contribution in [1.29, 1.82) is 0 Å². The van der Waals surface area contributed by atoms with Crippen LogP contribution >= 0.6 is 23.2 Å². The molecule has 0 radical (unpaired) electrons. The number of carbonyl (C=O) groups excluding carboxylic acids is 2. The lowest BCUT2D eigenvalue weighted by Gasteiger charge is -2.23. The van der Waals surface area contributed by atoms with Crippen molar-refractivity contribution in [3.05, 3.63) is 40.6 Å².